The zero-order valence-corrected chi connectivity index (χ0v) is 13.8. The molecular formula is C19H28O3. The first kappa shape index (κ1) is 17.0. The van der Waals surface area contributed by atoms with E-state index >= 15 is 0 Å². The van der Waals surface area contributed by atoms with Gasteiger partial charge in [-0.1, -0.05) is 51.0 Å². The zero-order valence-electron chi connectivity index (χ0n) is 13.8. The third-order valence-electron chi connectivity index (χ3n) is 3.71. The summed E-state index contributed by atoms with van der Waals surface area (Å²) in [5, 5.41) is 0. The molecule has 1 aliphatic rings. The van der Waals surface area contributed by atoms with Crippen molar-refractivity contribution in [1.29, 1.82) is 0 Å². The van der Waals surface area contributed by atoms with Gasteiger partial charge in [-0.15, -0.1) is 0 Å². The van der Waals surface area contributed by atoms with Crippen LogP contribution in [0, 0.1) is 5.92 Å². The second-order valence-corrected chi connectivity index (χ2v) is 5.75. The topological polar surface area (TPSA) is 27.7 Å². The van der Waals surface area contributed by atoms with Crippen LogP contribution >= 0.6 is 0 Å². The molecular weight excluding hydrogens is 276 g/mol. The summed E-state index contributed by atoms with van der Waals surface area (Å²) in [5.74, 6) is 1.29. The van der Waals surface area contributed by atoms with Gasteiger partial charge in [-0.2, -0.15) is 0 Å². The molecule has 0 aromatic heterocycles. The van der Waals surface area contributed by atoms with Crippen molar-refractivity contribution in [2.75, 3.05) is 19.8 Å². The fraction of sp³-hybridized carbons (Fsp3) is 0.579. The average molecular weight is 304 g/mol. The Bertz CT molecular complexity index is 430. The van der Waals surface area contributed by atoms with Crippen molar-refractivity contribution < 1.29 is 14.2 Å². The third-order valence-corrected chi connectivity index (χ3v) is 3.71. The maximum Gasteiger partial charge on any atom is 0.183 e. The van der Waals surface area contributed by atoms with Gasteiger partial charge in [-0.25, -0.2) is 0 Å². The standard InChI is InChI=1S/C19H28O3/c1-3-5-7-8-16-14-21-19(22-15-16)17-9-11-18(12-10-17)20-13-6-4-2/h7-12,16,19H,3-6,13-15H2,1-2H3/t16-,19-. The minimum Gasteiger partial charge on any atom is -0.494 e. The Balaban J connectivity index is 1.78. The predicted molar refractivity (Wildman–Crippen MR) is 89.0 cm³/mol. The van der Waals surface area contributed by atoms with Gasteiger partial charge < -0.3 is 14.2 Å². The molecule has 22 heavy (non-hydrogen) atoms. The molecule has 1 heterocycles. The molecule has 0 amide bonds. The fourth-order valence-electron chi connectivity index (χ4n) is 2.33. The van der Waals surface area contributed by atoms with E-state index < -0.39 is 0 Å². The summed E-state index contributed by atoms with van der Waals surface area (Å²) in [4.78, 5) is 0. The van der Waals surface area contributed by atoms with Gasteiger partial charge in [-0.3, -0.25) is 0 Å². The highest BCUT2D eigenvalue weighted by molar-refractivity contribution is 5.28. The van der Waals surface area contributed by atoms with Crippen molar-refractivity contribution in [3.63, 3.8) is 0 Å². The largest absolute Gasteiger partial charge is 0.494 e. The molecule has 0 aliphatic carbocycles. The minimum absolute atomic E-state index is 0.250. The highest BCUT2D eigenvalue weighted by atomic mass is 16.7. The third kappa shape index (κ3) is 5.47. The number of ether oxygens (including phenoxy) is 3. The van der Waals surface area contributed by atoms with Gasteiger partial charge in [0, 0.05) is 11.5 Å². The number of hydrogen-bond donors (Lipinski definition) is 0. The van der Waals surface area contributed by atoms with Crippen molar-refractivity contribution >= 4 is 0 Å². The summed E-state index contributed by atoms with van der Waals surface area (Å²) in [6, 6.07) is 8.04. The van der Waals surface area contributed by atoms with Gasteiger partial charge >= 0.3 is 0 Å². The molecule has 122 valence electrons. The molecule has 3 nitrogen and oxygen atoms in total. The molecule has 0 atom stereocenters. The van der Waals surface area contributed by atoms with E-state index in [9.17, 15) is 0 Å². The van der Waals surface area contributed by atoms with E-state index in [4.69, 9.17) is 14.2 Å². The molecule has 0 N–H and O–H groups in total. The van der Waals surface area contributed by atoms with Crippen LogP contribution in [0.1, 0.15) is 51.4 Å². The summed E-state index contributed by atoms with van der Waals surface area (Å²) in [6.07, 6.45) is 8.73. The quantitative estimate of drug-likeness (QED) is 0.506. The average Bonchev–Trinajstić information content (AvgIpc) is 2.57. The molecule has 0 unspecified atom stereocenters. The van der Waals surface area contributed by atoms with E-state index in [1.54, 1.807) is 0 Å². The van der Waals surface area contributed by atoms with Gasteiger partial charge in [0.25, 0.3) is 0 Å². The van der Waals surface area contributed by atoms with Crippen molar-refractivity contribution in [2.45, 2.75) is 45.8 Å². The van der Waals surface area contributed by atoms with Crippen LogP contribution in [-0.2, 0) is 9.47 Å². The number of benzene rings is 1. The first-order valence-electron chi connectivity index (χ1n) is 8.46. The van der Waals surface area contributed by atoms with Crippen LogP contribution in [0.25, 0.3) is 0 Å². The van der Waals surface area contributed by atoms with Crippen LogP contribution in [0.2, 0.25) is 0 Å². The second kappa shape index (κ2) is 9.65. The molecule has 1 fully saturated rings. The van der Waals surface area contributed by atoms with Crippen LogP contribution < -0.4 is 4.74 Å². The number of unbranched alkanes of at least 4 members (excludes halogenated alkanes) is 2. The minimum atomic E-state index is -0.250. The van der Waals surface area contributed by atoms with E-state index in [2.05, 4.69) is 26.0 Å². The van der Waals surface area contributed by atoms with Gasteiger partial charge in [0.05, 0.1) is 19.8 Å². The Morgan fingerprint density at radius 2 is 1.82 bits per heavy atom. The van der Waals surface area contributed by atoms with Gasteiger partial charge in [0.1, 0.15) is 5.75 Å². The lowest BCUT2D eigenvalue weighted by Crippen LogP contribution is -2.25. The molecule has 1 aliphatic heterocycles. The predicted octanol–water partition coefficient (Wildman–Crippen LogP) is 4.88. The van der Waals surface area contributed by atoms with Gasteiger partial charge in [0.2, 0.25) is 0 Å². The Kier molecular flexibility index (Phi) is 7.47. The molecule has 0 radical (unpaired) electrons. The lowest BCUT2D eigenvalue weighted by Gasteiger charge is -2.28. The molecule has 2 rings (SSSR count). The van der Waals surface area contributed by atoms with E-state index in [0.717, 1.165) is 50.4 Å². The Morgan fingerprint density at radius 1 is 1.09 bits per heavy atom. The van der Waals surface area contributed by atoms with Crippen molar-refractivity contribution in [3.8, 4) is 5.75 Å². The van der Waals surface area contributed by atoms with Crippen LogP contribution in [0.5, 0.6) is 5.75 Å². The van der Waals surface area contributed by atoms with Crippen LogP contribution in [0.4, 0.5) is 0 Å². The summed E-state index contributed by atoms with van der Waals surface area (Å²) >= 11 is 0. The summed E-state index contributed by atoms with van der Waals surface area (Å²) in [6.45, 7) is 6.57. The molecule has 1 aromatic carbocycles. The molecule has 1 aromatic rings. The summed E-state index contributed by atoms with van der Waals surface area (Å²) < 4.78 is 17.3. The number of allylic oxidation sites excluding steroid dienone is 1. The summed E-state index contributed by atoms with van der Waals surface area (Å²) in [5.41, 5.74) is 1.05. The lowest BCUT2D eigenvalue weighted by molar-refractivity contribution is -0.197. The Labute approximate surface area is 134 Å². The number of rotatable bonds is 8. The first-order valence-corrected chi connectivity index (χ1v) is 8.46. The fourth-order valence-corrected chi connectivity index (χ4v) is 2.33. The SMILES string of the molecule is CCCC=C[C@H]1CO[C@H](c2ccc(OCCCC)cc2)OC1. The smallest absolute Gasteiger partial charge is 0.183 e. The summed E-state index contributed by atoms with van der Waals surface area (Å²) in [7, 11) is 0. The zero-order chi connectivity index (χ0) is 15.6. The van der Waals surface area contributed by atoms with Gasteiger partial charge in [-0.05, 0) is 25.0 Å². The van der Waals surface area contributed by atoms with Gasteiger partial charge in [0.15, 0.2) is 6.29 Å². The van der Waals surface area contributed by atoms with E-state index in [1.165, 1.54) is 6.42 Å². The molecule has 1 saturated heterocycles. The van der Waals surface area contributed by atoms with Crippen molar-refractivity contribution in [1.82, 2.24) is 0 Å². The normalized spacial score (nSPS) is 22.1. The molecule has 3 heteroatoms. The van der Waals surface area contributed by atoms with Crippen LogP contribution in [-0.4, -0.2) is 19.8 Å². The van der Waals surface area contributed by atoms with E-state index in [0.29, 0.717) is 5.92 Å². The van der Waals surface area contributed by atoms with E-state index in [1.807, 2.05) is 24.3 Å². The second-order valence-electron chi connectivity index (χ2n) is 5.75. The van der Waals surface area contributed by atoms with Crippen LogP contribution in [0.3, 0.4) is 0 Å². The Hall–Kier alpha value is -1.32. The molecule has 0 bridgehead atoms. The van der Waals surface area contributed by atoms with Crippen LogP contribution in [0.15, 0.2) is 36.4 Å². The molecule has 0 saturated carbocycles. The van der Waals surface area contributed by atoms with Crippen molar-refractivity contribution in [3.05, 3.63) is 42.0 Å². The van der Waals surface area contributed by atoms with E-state index in [-0.39, 0.29) is 6.29 Å². The number of hydrogen-bond acceptors (Lipinski definition) is 3. The maximum absolute atomic E-state index is 5.83. The maximum atomic E-state index is 5.83. The first-order chi connectivity index (χ1) is 10.8. The molecule has 0 spiro atoms. The lowest BCUT2D eigenvalue weighted by atomic mass is 10.1. The highest BCUT2D eigenvalue weighted by Gasteiger charge is 2.21. The highest BCUT2D eigenvalue weighted by Crippen LogP contribution is 2.27. The Morgan fingerprint density at radius 3 is 2.45 bits per heavy atom. The van der Waals surface area contributed by atoms with Crippen molar-refractivity contribution in [2.24, 2.45) is 5.92 Å². The monoisotopic (exact) mass is 304 g/mol.